The predicted molar refractivity (Wildman–Crippen MR) is 76.9 cm³/mol. The molecule has 0 unspecified atom stereocenters. The van der Waals surface area contributed by atoms with Crippen molar-refractivity contribution in [1.29, 1.82) is 0 Å². The van der Waals surface area contributed by atoms with Crippen LogP contribution in [0.1, 0.15) is 37.7 Å². The monoisotopic (exact) mass is 293 g/mol. The van der Waals surface area contributed by atoms with Crippen molar-refractivity contribution in [3.8, 4) is 0 Å². The molecule has 0 saturated heterocycles. The van der Waals surface area contributed by atoms with E-state index in [1.807, 2.05) is 0 Å². The number of carboxylic acids is 1. The smallest absolute Gasteiger partial charge is 0.356 e. The van der Waals surface area contributed by atoms with E-state index in [0.717, 1.165) is 0 Å². The second kappa shape index (κ2) is 6.83. The summed E-state index contributed by atoms with van der Waals surface area (Å²) in [5.41, 5.74) is -0.599. The molecule has 7 heteroatoms. The number of amides is 2. The van der Waals surface area contributed by atoms with Crippen LogP contribution in [-0.2, 0) is 9.59 Å². The molecule has 3 N–H and O–H groups in total. The first-order valence-corrected chi connectivity index (χ1v) is 6.48. The molecule has 0 radical (unpaired) electrons. The van der Waals surface area contributed by atoms with Gasteiger partial charge in [0.2, 0.25) is 11.8 Å². The first-order chi connectivity index (χ1) is 9.71. The third-order valence-corrected chi connectivity index (χ3v) is 2.60. The molecule has 1 rings (SSSR count). The second-order valence-electron chi connectivity index (χ2n) is 5.51. The Bertz CT molecular complexity index is 549. The largest absolute Gasteiger partial charge is 0.476 e. The number of rotatable bonds is 5. The quantitative estimate of drug-likeness (QED) is 0.757. The minimum Gasteiger partial charge on any atom is -0.476 e. The summed E-state index contributed by atoms with van der Waals surface area (Å²) in [6.45, 7) is 5.51. The van der Waals surface area contributed by atoms with Gasteiger partial charge in [-0.2, -0.15) is 0 Å². The Kier molecular flexibility index (Phi) is 5.40. The topological polar surface area (TPSA) is 108 Å². The normalized spacial score (nSPS) is 10.8. The average Bonchev–Trinajstić information content (AvgIpc) is 2.37. The molecule has 114 valence electrons. The van der Waals surface area contributed by atoms with Crippen molar-refractivity contribution >= 4 is 23.5 Å². The molecule has 7 nitrogen and oxygen atoms in total. The lowest BCUT2D eigenvalue weighted by molar-refractivity contribution is -0.128. The fourth-order valence-electron chi connectivity index (χ4n) is 1.44. The summed E-state index contributed by atoms with van der Waals surface area (Å²) in [6.07, 6.45) is 1.39. The average molecular weight is 293 g/mol. The number of aromatic carboxylic acids is 1. The van der Waals surface area contributed by atoms with E-state index in [4.69, 9.17) is 5.11 Å². The third-order valence-electron chi connectivity index (χ3n) is 2.60. The predicted octanol–water partition coefficient (Wildman–Crippen LogP) is 1.27. The van der Waals surface area contributed by atoms with Crippen LogP contribution in [0, 0.1) is 5.41 Å². The van der Waals surface area contributed by atoms with Gasteiger partial charge in [-0.1, -0.05) is 20.8 Å². The molecule has 1 aromatic rings. The van der Waals surface area contributed by atoms with Gasteiger partial charge in [0.15, 0.2) is 5.69 Å². The van der Waals surface area contributed by atoms with Crippen LogP contribution in [0.3, 0.4) is 0 Å². The molecule has 0 aliphatic rings. The van der Waals surface area contributed by atoms with Gasteiger partial charge in [-0.15, -0.1) is 0 Å². The Hall–Kier alpha value is -2.44. The summed E-state index contributed by atoms with van der Waals surface area (Å²) in [5.74, 6) is -1.76. The SMILES string of the molecule is CC(C)(C)C(=O)NCCC(=O)Nc1cccnc1C(=O)O. The molecule has 0 spiro atoms. The van der Waals surface area contributed by atoms with Gasteiger partial charge >= 0.3 is 5.97 Å². The van der Waals surface area contributed by atoms with Crippen molar-refractivity contribution in [3.63, 3.8) is 0 Å². The molecule has 21 heavy (non-hydrogen) atoms. The van der Waals surface area contributed by atoms with Gasteiger partial charge in [0.25, 0.3) is 0 Å². The molecular formula is C14H19N3O4. The standard InChI is InChI=1S/C14H19N3O4/c1-14(2,3)13(21)16-8-6-10(18)17-9-5-4-7-15-11(9)12(19)20/h4-5,7H,6,8H2,1-3H3,(H,16,21)(H,17,18)(H,19,20). The van der Waals surface area contributed by atoms with Gasteiger partial charge in [0.1, 0.15) is 0 Å². The van der Waals surface area contributed by atoms with Gasteiger partial charge in [-0.3, -0.25) is 9.59 Å². The lowest BCUT2D eigenvalue weighted by Gasteiger charge is -2.17. The van der Waals surface area contributed by atoms with Gasteiger partial charge in [-0.05, 0) is 12.1 Å². The zero-order chi connectivity index (χ0) is 16.0. The molecule has 0 bridgehead atoms. The molecule has 0 aliphatic carbocycles. The van der Waals surface area contributed by atoms with Gasteiger partial charge in [0.05, 0.1) is 5.69 Å². The number of hydrogen-bond donors (Lipinski definition) is 3. The summed E-state index contributed by atoms with van der Waals surface area (Å²) in [6, 6.07) is 2.99. The molecular weight excluding hydrogens is 274 g/mol. The molecule has 0 aromatic carbocycles. The van der Waals surface area contributed by atoms with E-state index in [-0.39, 0.29) is 36.2 Å². The molecule has 0 fully saturated rings. The number of pyridine rings is 1. The fourth-order valence-corrected chi connectivity index (χ4v) is 1.44. The Morgan fingerprint density at radius 1 is 1.29 bits per heavy atom. The lowest BCUT2D eigenvalue weighted by Crippen LogP contribution is -2.36. The maximum atomic E-state index is 11.7. The first kappa shape index (κ1) is 16.6. The van der Waals surface area contributed by atoms with E-state index in [2.05, 4.69) is 15.6 Å². The van der Waals surface area contributed by atoms with Crippen LogP contribution < -0.4 is 10.6 Å². The number of nitrogens with one attached hydrogen (secondary N) is 2. The van der Waals surface area contributed by atoms with Crippen LogP contribution in [0.25, 0.3) is 0 Å². The maximum absolute atomic E-state index is 11.7. The van der Waals surface area contributed by atoms with E-state index in [0.29, 0.717) is 0 Å². The highest BCUT2D eigenvalue weighted by molar-refractivity contribution is 5.99. The number of anilines is 1. The van der Waals surface area contributed by atoms with Crippen molar-refractivity contribution in [1.82, 2.24) is 10.3 Å². The summed E-state index contributed by atoms with van der Waals surface area (Å²) < 4.78 is 0. The molecule has 0 saturated carbocycles. The van der Waals surface area contributed by atoms with E-state index < -0.39 is 11.4 Å². The Morgan fingerprint density at radius 2 is 1.95 bits per heavy atom. The number of nitrogens with zero attached hydrogens (tertiary/aromatic N) is 1. The maximum Gasteiger partial charge on any atom is 0.356 e. The highest BCUT2D eigenvalue weighted by atomic mass is 16.4. The van der Waals surface area contributed by atoms with E-state index in [1.165, 1.54) is 18.3 Å². The summed E-state index contributed by atoms with van der Waals surface area (Å²) >= 11 is 0. The number of aromatic nitrogens is 1. The van der Waals surface area contributed by atoms with Crippen LogP contribution in [0.2, 0.25) is 0 Å². The molecule has 0 atom stereocenters. The highest BCUT2D eigenvalue weighted by Gasteiger charge is 2.20. The van der Waals surface area contributed by atoms with Crippen LogP contribution in [-0.4, -0.2) is 34.4 Å². The Balaban J connectivity index is 2.52. The second-order valence-corrected chi connectivity index (χ2v) is 5.51. The van der Waals surface area contributed by atoms with E-state index in [1.54, 1.807) is 20.8 Å². The van der Waals surface area contributed by atoms with Crippen LogP contribution in [0.5, 0.6) is 0 Å². The van der Waals surface area contributed by atoms with Crippen molar-refractivity contribution in [3.05, 3.63) is 24.0 Å². The Labute approximate surface area is 122 Å². The van der Waals surface area contributed by atoms with Gasteiger partial charge in [0, 0.05) is 24.6 Å². The van der Waals surface area contributed by atoms with E-state index in [9.17, 15) is 14.4 Å². The number of carbonyl (C=O) groups excluding carboxylic acids is 2. The minimum atomic E-state index is -1.22. The highest BCUT2D eigenvalue weighted by Crippen LogP contribution is 2.13. The van der Waals surface area contributed by atoms with Gasteiger partial charge < -0.3 is 15.7 Å². The van der Waals surface area contributed by atoms with Crippen molar-refractivity contribution in [2.75, 3.05) is 11.9 Å². The summed E-state index contributed by atoms with van der Waals surface area (Å²) in [5, 5.41) is 14.1. The first-order valence-electron chi connectivity index (χ1n) is 6.48. The molecule has 1 aromatic heterocycles. The number of hydrogen-bond acceptors (Lipinski definition) is 4. The zero-order valence-corrected chi connectivity index (χ0v) is 12.3. The lowest BCUT2D eigenvalue weighted by atomic mass is 9.96. The number of carboxylic acid groups (broad SMARTS) is 1. The number of carbonyl (C=O) groups is 3. The van der Waals surface area contributed by atoms with Crippen molar-refractivity contribution in [2.24, 2.45) is 5.41 Å². The fraction of sp³-hybridized carbons (Fsp3) is 0.429. The molecule has 1 heterocycles. The third kappa shape index (κ3) is 5.21. The van der Waals surface area contributed by atoms with Crippen LogP contribution in [0.15, 0.2) is 18.3 Å². The van der Waals surface area contributed by atoms with Crippen LogP contribution >= 0.6 is 0 Å². The summed E-state index contributed by atoms with van der Waals surface area (Å²) in [4.78, 5) is 38.0. The summed E-state index contributed by atoms with van der Waals surface area (Å²) in [7, 11) is 0. The van der Waals surface area contributed by atoms with Crippen LogP contribution in [0.4, 0.5) is 5.69 Å². The zero-order valence-electron chi connectivity index (χ0n) is 12.3. The molecule has 0 aliphatic heterocycles. The minimum absolute atomic E-state index is 0.0514. The van der Waals surface area contributed by atoms with Gasteiger partial charge in [-0.25, -0.2) is 9.78 Å². The van der Waals surface area contributed by atoms with Crippen molar-refractivity contribution < 1.29 is 19.5 Å². The van der Waals surface area contributed by atoms with Crippen molar-refractivity contribution in [2.45, 2.75) is 27.2 Å². The Morgan fingerprint density at radius 3 is 2.52 bits per heavy atom. The van der Waals surface area contributed by atoms with E-state index >= 15 is 0 Å². The molecule has 2 amide bonds.